The molecule has 1 unspecified atom stereocenters. The van der Waals surface area contributed by atoms with Gasteiger partial charge >= 0.3 is 0 Å². The van der Waals surface area contributed by atoms with Gasteiger partial charge in [0, 0.05) is 18.8 Å². The van der Waals surface area contributed by atoms with Gasteiger partial charge in [-0.05, 0) is 51.0 Å². The number of Topliss-reactive ketones (excluding diaryl/α,β-unsaturated/α-hetero) is 1. The van der Waals surface area contributed by atoms with Crippen LogP contribution in [0.3, 0.4) is 0 Å². The van der Waals surface area contributed by atoms with Gasteiger partial charge in [-0.1, -0.05) is 0 Å². The summed E-state index contributed by atoms with van der Waals surface area (Å²) in [6.07, 6.45) is 1.04. The lowest BCUT2D eigenvalue weighted by Gasteiger charge is -2.12. The minimum atomic E-state index is -0.463. The number of ether oxygens (including phenoxy) is 3. The summed E-state index contributed by atoms with van der Waals surface area (Å²) in [5.74, 6) is 0.735. The Bertz CT molecular complexity index is 416. The number of rotatable bonds is 12. The molecule has 1 rings (SSSR count). The minimum absolute atomic E-state index is 0.0354. The quantitative estimate of drug-likeness (QED) is 0.474. The second kappa shape index (κ2) is 11.2. The number of hydrogen-bond acceptors (Lipinski definition) is 5. The van der Waals surface area contributed by atoms with Crippen molar-refractivity contribution in [1.29, 1.82) is 0 Å². The number of benzene rings is 1. The Balaban J connectivity index is 2.06. The van der Waals surface area contributed by atoms with Crippen LogP contribution in [0.5, 0.6) is 5.75 Å². The average Bonchev–Trinajstić information content (AvgIpc) is 2.51. The molecule has 0 fully saturated rings. The maximum absolute atomic E-state index is 11.1. The van der Waals surface area contributed by atoms with E-state index in [-0.39, 0.29) is 5.78 Å². The van der Waals surface area contributed by atoms with Crippen LogP contribution in [-0.4, -0.2) is 50.0 Å². The molecule has 0 saturated carbocycles. The molecule has 1 aromatic rings. The Morgan fingerprint density at radius 3 is 2.50 bits per heavy atom. The molecule has 0 radical (unpaired) electrons. The summed E-state index contributed by atoms with van der Waals surface area (Å²) in [6, 6.07) is 7.00. The van der Waals surface area contributed by atoms with Gasteiger partial charge in [-0.25, -0.2) is 0 Å². The highest BCUT2D eigenvalue weighted by atomic mass is 16.5. The van der Waals surface area contributed by atoms with Gasteiger partial charge in [0.25, 0.3) is 0 Å². The van der Waals surface area contributed by atoms with Crippen LogP contribution >= 0.6 is 0 Å². The van der Waals surface area contributed by atoms with Crippen molar-refractivity contribution >= 4 is 5.78 Å². The molecule has 22 heavy (non-hydrogen) atoms. The highest BCUT2D eigenvalue weighted by Gasteiger charge is 2.04. The first-order chi connectivity index (χ1) is 10.6. The highest BCUT2D eigenvalue weighted by Crippen LogP contribution is 2.12. The molecule has 0 amide bonds. The third-order valence-electron chi connectivity index (χ3n) is 3.10. The van der Waals surface area contributed by atoms with Crippen molar-refractivity contribution < 1.29 is 24.1 Å². The van der Waals surface area contributed by atoms with Crippen LogP contribution < -0.4 is 4.74 Å². The number of aliphatic hydroxyl groups is 1. The zero-order chi connectivity index (χ0) is 16.2. The summed E-state index contributed by atoms with van der Waals surface area (Å²) < 4.78 is 16.1. The van der Waals surface area contributed by atoms with Gasteiger partial charge in [0.2, 0.25) is 0 Å². The first-order valence-corrected chi connectivity index (χ1v) is 7.70. The van der Waals surface area contributed by atoms with Gasteiger partial charge in [-0.15, -0.1) is 0 Å². The molecule has 1 N–H and O–H groups in total. The Morgan fingerprint density at radius 2 is 1.86 bits per heavy atom. The molecule has 1 atom stereocenters. The Morgan fingerprint density at radius 1 is 1.14 bits per heavy atom. The number of ketones is 1. The van der Waals surface area contributed by atoms with Crippen molar-refractivity contribution in [3.63, 3.8) is 0 Å². The fourth-order valence-corrected chi connectivity index (χ4v) is 1.87. The zero-order valence-electron chi connectivity index (χ0n) is 13.4. The van der Waals surface area contributed by atoms with Gasteiger partial charge < -0.3 is 19.3 Å². The van der Waals surface area contributed by atoms with Gasteiger partial charge in [0.15, 0.2) is 5.78 Å². The predicted octanol–water partition coefficient (Wildman–Crippen LogP) is 2.46. The number of carbonyl (C=O) groups excluding carboxylic acids is 1. The van der Waals surface area contributed by atoms with Crippen molar-refractivity contribution in [2.75, 3.05) is 33.0 Å². The predicted molar refractivity (Wildman–Crippen MR) is 84.5 cm³/mol. The molecule has 124 valence electrons. The molecule has 0 saturated heterocycles. The molecule has 0 aromatic heterocycles. The summed E-state index contributed by atoms with van der Waals surface area (Å²) in [4.78, 5) is 11.1. The van der Waals surface area contributed by atoms with Crippen LogP contribution in [0.15, 0.2) is 24.3 Å². The van der Waals surface area contributed by atoms with Crippen molar-refractivity contribution in [2.45, 2.75) is 32.8 Å². The van der Waals surface area contributed by atoms with Gasteiger partial charge in [0.05, 0.1) is 19.3 Å². The van der Waals surface area contributed by atoms with Gasteiger partial charge in [0.1, 0.15) is 12.4 Å². The maximum Gasteiger partial charge on any atom is 0.159 e. The Kier molecular flexibility index (Phi) is 9.46. The summed E-state index contributed by atoms with van der Waals surface area (Å²) >= 11 is 0. The number of aliphatic hydroxyl groups excluding tert-OH is 1. The van der Waals surface area contributed by atoms with Crippen LogP contribution in [-0.2, 0) is 9.47 Å². The standard InChI is InChI=1S/C17H26O5/c1-3-20-10-4-5-16(19)13-21-11-12-22-17-8-6-15(7-9-17)14(2)18/h6-9,16,19H,3-5,10-13H2,1-2H3. The topological polar surface area (TPSA) is 65.0 Å². The SMILES string of the molecule is CCOCCCC(O)COCCOc1ccc(C(C)=O)cc1. The summed E-state index contributed by atoms with van der Waals surface area (Å²) in [5.41, 5.74) is 0.666. The molecule has 0 bridgehead atoms. The Hall–Kier alpha value is -1.43. The molecular formula is C17H26O5. The number of hydrogen-bond donors (Lipinski definition) is 1. The third-order valence-corrected chi connectivity index (χ3v) is 3.10. The fourth-order valence-electron chi connectivity index (χ4n) is 1.87. The lowest BCUT2D eigenvalue weighted by Crippen LogP contribution is -2.18. The van der Waals surface area contributed by atoms with E-state index in [0.717, 1.165) is 6.42 Å². The van der Waals surface area contributed by atoms with Crippen molar-refractivity contribution in [2.24, 2.45) is 0 Å². The van der Waals surface area contributed by atoms with E-state index < -0.39 is 6.10 Å². The van der Waals surface area contributed by atoms with Crippen LogP contribution in [0.25, 0.3) is 0 Å². The highest BCUT2D eigenvalue weighted by molar-refractivity contribution is 5.94. The van der Waals surface area contributed by atoms with E-state index in [1.807, 2.05) is 6.92 Å². The van der Waals surface area contributed by atoms with E-state index in [9.17, 15) is 9.90 Å². The zero-order valence-corrected chi connectivity index (χ0v) is 13.4. The smallest absolute Gasteiger partial charge is 0.159 e. The second-order valence-electron chi connectivity index (χ2n) is 5.00. The molecule has 0 heterocycles. The minimum Gasteiger partial charge on any atom is -0.491 e. The molecule has 5 heteroatoms. The fraction of sp³-hybridized carbons (Fsp3) is 0.588. The lowest BCUT2D eigenvalue weighted by molar-refractivity contribution is 0.0163. The summed E-state index contributed by atoms with van der Waals surface area (Å²) in [7, 11) is 0. The van der Waals surface area contributed by atoms with Crippen LogP contribution in [0.1, 0.15) is 37.0 Å². The average molecular weight is 310 g/mol. The molecule has 0 spiro atoms. The van der Waals surface area contributed by atoms with E-state index in [2.05, 4.69) is 0 Å². The van der Waals surface area contributed by atoms with E-state index in [1.165, 1.54) is 6.92 Å². The van der Waals surface area contributed by atoms with Crippen LogP contribution in [0.2, 0.25) is 0 Å². The maximum atomic E-state index is 11.1. The monoisotopic (exact) mass is 310 g/mol. The molecule has 0 aliphatic rings. The second-order valence-corrected chi connectivity index (χ2v) is 5.00. The van der Waals surface area contributed by atoms with Crippen LogP contribution in [0, 0.1) is 0 Å². The van der Waals surface area contributed by atoms with E-state index in [1.54, 1.807) is 24.3 Å². The third kappa shape index (κ3) is 8.12. The molecule has 0 aliphatic heterocycles. The summed E-state index contributed by atoms with van der Waals surface area (Å²) in [5, 5.41) is 9.69. The first kappa shape index (κ1) is 18.6. The molecule has 1 aromatic carbocycles. The first-order valence-electron chi connectivity index (χ1n) is 7.70. The van der Waals surface area contributed by atoms with E-state index in [0.29, 0.717) is 50.8 Å². The largest absolute Gasteiger partial charge is 0.491 e. The van der Waals surface area contributed by atoms with Gasteiger partial charge in [-0.2, -0.15) is 0 Å². The number of carbonyl (C=O) groups is 1. The van der Waals surface area contributed by atoms with Crippen molar-refractivity contribution in [3.8, 4) is 5.75 Å². The van der Waals surface area contributed by atoms with E-state index >= 15 is 0 Å². The lowest BCUT2D eigenvalue weighted by atomic mass is 10.1. The molecular weight excluding hydrogens is 284 g/mol. The molecule has 0 aliphatic carbocycles. The normalized spacial score (nSPS) is 12.1. The van der Waals surface area contributed by atoms with Crippen molar-refractivity contribution in [3.05, 3.63) is 29.8 Å². The van der Waals surface area contributed by atoms with Crippen molar-refractivity contribution in [1.82, 2.24) is 0 Å². The van der Waals surface area contributed by atoms with E-state index in [4.69, 9.17) is 14.2 Å². The molecule has 5 nitrogen and oxygen atoms in total. The summed E-state index contributed by atoms with van der Waals surface area (Å²) in [6.45, 7) is 5.99. The van der Waals surface area contributed by atoms with Crippen LogP contribution in [0.4, 0.5) is 0 Å². The Labute approximate surface area is 132 Å². The van der Waals surface area contributed by atoms with Gasteiger partial charge in [-0.3, -0.25) is 4.79 Å².